The van der Waals surface area contributed by atoms with Crippen molar-refractivity contribution in [3.8, 4) is 11.3 Å². The number of hydrogen-bond acceptors (Lipinski definition) is 2. The second kappa shape index (κ2) is 5.96. The molecule has 0 aliphatic carbocycles. The SMILES string of the molecule is c1ccc2c(c1)CCN2c1c(-c2cc3ccccc3[nH]2)cnc2ccccc12. The van der Waals surface area contributed by atoms with Crippen LogP contribution in [-0.4, -0.2) is 16.5 Å². The average molecular weight is 361 g/mol. The zero-order valence-corrected chi connectivity index (χ0v) is 15.4. The minimum Gasteiger partial charge on any atom is -0.354 e. The van der Waals surface area contributed by atoms with E-state index in [9.17, 15) is 0 Å². The van der Waals surface area contributed by atoms with Gasteiger partial charge in [-0.3, -0.25) is 4.98 Å². The van der Waals surface area contributed by atoms with Gasteiger partial charge < -0.3 is 9.88 Å². The highest BCUT2D eigenvalue weighted by Gasteiger charge is 2.25. The predicted molar refractivity (Wildman–Crippen MR) is 116 cm³/mol. The molecule has 3 heteroatoms. The molecule has 1 aliphatic rings. The van der Waals surface area contributed by atoms with Crippen LogP contribution in [0.25, 0.3) is 33.1 Å². The zero-order chi connectivity index (χ0) is 18.5. The maximum atomic E-state index is 4.77. The Kier molecular flexibility index (Phi) is 3.29. The maximum absolute atomic E-state index is 4.77. The van der Waals surface area contributed by atoms with E-state index in [1.165, 1.54) is 27.7 Å². The van der Waals surface area contributed by atoms with Crippen LogP contribution in [-0.2, 0) is 6.42 Å². The molecule has 3 aromatic carbocycles. The molecule has 0 atom stereocenters. The fourth-order valence-corrected chi connectivity index (χ4v) is 4.40. The maximum Gasteiger partial charge on any atom is 0.0723 e. The summed E-state index contributed by atoms with van der Waals surface area (Å²) in [5, 5.41) is 2.41. The lowest BCUT2D eigenvalue weighted by atomic mass is 10.0. The van der Waals surface area contributed by atoms with Gasteiger partial charge in [0.15, 0.2) is 0 Å². The van der Waals surface area contributed by atoms with Crippen LogP contribution in [0.3, 0.4) is 0 Å². The molecule has 0 amide bonds. The Morgan fingerprint density at radius 3 is 2.64 bits per heavy atom. The van der Waals surface area contributed by atoms with Crippen molar-refractivity contribution in [1.29, 1.82) is 0 Å². The van der Waals surface area contributed by atoms with Crippen molar-refractivity contribution in [2.24, 2.45) is 0 Å². The summed E-state index contributed by atoms with van der Waals surface area (Å²) in [6.07, 6.45) is 3.09. The summed E-state index contributed by atoms with van der Waals surface area (Å²) in [5.41, 5.74) is 8.38. The van der Waals surface area contributed by atoms with Crippen molar-refractivity contribution in [3.05, 3.63) is 90.6 Å². The highest BCUT2D eigenvalue weighted by Crippen LogP contribution is 2.43. The Balaban J connectivity index is 1.65. The molecule has 0 unspecified atom stereocenters. The molecule has 134 valence electrons. The van der Waals surface area contributed by atoms with E-state index in [2.05, 4.69) is 88.7 Å². The van der Waals surface area contributed by atoms with Crippen molar-refractivity contribution >= 4 is 33.2 Å². The van der Waals surface area contributed by atoms with Crippen LogP contribution in [0.15, 0.2) is 85.1 Å². The van der Waals surface area contributed by atoms with Crippen LogP contribution in [0.5, 0.6) is 0 Å². The van der Waals surface area contributed by atoms with Gasteiger partial charge in [0.1, 0.15) is 0 Å². The van der Waals surface area contributed by atoms with E-state index in [4.69, 9.17) is 4.98 Å². The van der Waals surface area contributed by atoms with Gasteiger partial charge in [0, 0.05) is 40.3 Å². The van der Waals surface area contributed by atoms with Crippen LogP contribution in [0.4, 0.5) is 11.4 Å². The number of nitrogens with zero attached hydrogens (tertiary/aromatic N) is 2. The van der Waals surface area contributed by atoms with Gasteiger partial charge in [0.2, 0.25) is 0 Å². The first-order valence-corrected chi connectivity index (χ1v) is 9.70. The number of pyridine rings is 1. The summed E-state index contributed by atoms with van der Waals surface area (Å²) in [7, 11) is 0. The highest BCUT2D eigenvalue weighted by atomic mass is 15.2. The van der Waals surface area contributed by atoms with Crippen LogP contribution in [0.1, 0.15) is 5.56 Å². The number of rotatable bonds is 2. The topological polar surface area (TPSA) is 31.9 Å². The Hall–Kier alpha value is -3.59. The largest absolute Gasteiger partial charge is 0.354 e. The number of fused-ring (bicyclic) bond motifs is 3. The van der Waals surface area contributed by atoms with Gasteiger partial charge in [0.25, 0.3) is 0 Å². The molecule has 1 aliphatic heterocycles. The Morgan fingerprint density at radius 1 is 0.857 bits per heavy atom. The molecule has 28 heavy (non-hydrogen) atoms. The van der Waals surface area contributed by atoms with Gasteiger partial charge in [-0.05, 0) is 36.2 Å². The standard InChI is InChI=1S/C25H19N3/c1-4-10-21-18(8-1)15-23(27-21)20-16-26-22-11-5-3-9-19(22)25(20)28-14-13-17-7-2-6-12-24(17)28/h1-12,15-16,27H,13-14H2. The molecular formula is C25H19N3. The molecule has 0 spiro atoms. The van der Waals surface area contributed by atoms with Crippen molar-refractivity contribution in [2.75, 3.05) is 11.4 Å². The van der Waals surface area contributed by atoms with E-state index < -0.39 is 0 Å². The molecule has 2 aromatic heterocycles. The quantitative estimate of drug-likeness (QED) is 0.413. The van der Waals surface area contributed by atoms with Gasteiger partial charge in [-0.1, -0.05) is 54.6 Å². The molecule has 1 N–H and O–H groups in total. The number of nitrogens with one attached hydrogen (secondary N) is 1. The van der Waals surface area contributed by atoms with Crippen LogP contribution >= 0.6 is 0 Å². The van der Waals surface area contributed by atoms with Gasteiger partial charge >= 0.3 is 0 Å². The van der Waals surface area contributed by atoms with Crippen molar-refractivity contribution in [2.45, 2.75) is 6.42 Å². The van der Waals surface area contributed by atoms with Crippen LogP contribution in [0, 0.1) is 0 Å². The lowest BCUT2D eigenvalue weighted by Crippen LogP contribution is -2.15. The molecule has 0 fully saturated rings. The lowest BCUT2D eigenvalue weighted by Gasteiger charge is -2.24. The molecule has 0 saturated heterocycles. The third kappa shape index (κ3) is 2.26. The summed E-state index contributed by atoms with van der Waals surface area (Å²) < 4.78 is 0. The molecule has 3 nitrogen and oxygen atoms in total. The fourth-order valence-electron chi connectivity index (χ4n) is 4.40. The number of aromatic nitrogens is 2. The minimum atomic E-state index is 0.987. The van der Waals surface area contributed by atoms with E-state index >= 15 is 0 Å². The summed E-state index contributed by atoms with van der Waals surface area (Å²) in [4.78, 5) is 10.8. The van der Waals surface area contributed by atoms with Gasteiger partial charge in [-0.2, -0.15) is 0 Å². The number of H-pyrrole nitrogens is 1. The Bertz CT molecular complexity index is 1300. The number of benzene rings is 3. The first-order chi connectivity index (χ1) is 13.9. The molecule has 5 aromatic rings. The van der Waals surface area contributed by atoms with E-state index in [1.54, 1.807) is 0 Å². The molecule has 0 saturated carbocycles. The summed E-state index contributed by atoms with van der Waals surface area (Å²) >= 11 is 0. The molecule has 0 radical (unpaired) electrons. The molecule has 6 rings (SSSR count). The first kappa shape index (κ1) is 15.5. The van der Waals surface area contributed by atoms with Crippen LogP contribution in [0.2, 0.25) is 0 Å². The van der Waals surface area contributed by atoms with E-state index in [1.807, 2.05) is 6.20 Å². The fraction of sp³-hybridized carbons (Fsp3) is 0.0800. The number of para-hydroxylation sites is 3. The second-order valence-electron chi connectivity index (χ2n) is 7.34. The smallest absolute Gasteiger partial charge is 0.0723 e. The van der Waals surface area contributed by atoms with Crippen LogP contribution < -0.4 is 4.90 Å². The van der Waals surface area contributed by atoms with Gasteiger partial charge in [-0.15, -0.1) is 0 Å². The average Bonchev–Trinajstić information content (AvgIpc) is 3.37. The van der Waals surface area contributed by atoms with Crippen molar-refractivity contribution < 1.29 is 0 Å². The van der Waals surface area contributed by atoms with E-state index in [-0.39, 0.29) is 0 Å². The lowest BCUT2D eigenvalue weighted by molar-refractivity contribution is 1.00. The van der Waals surface area contributed by atoms with Gasteiger partial charge in [0.05, 0.1) is 16.9 Å². The second-order valence-corrected chi connectivity index (χ2v) is 7.34. The zero-order valence-electron chi connectivity index (χ0n) is 15.4. The number of hydrogen-bond donors (Lipinski definition) is 1. The number of anilines is 2. The normalized spacial score (nSPS) is 13.4. The Labute approximate surface area is 163 Å². The molecular weight excluding hydrogens is 342 g/mol. The first-order valence-electron chi connectivity index (χ1n) is 9.70. The highest BCUT2D eigenvalue weighted by molar-refractivity contribution is 6.03. The van der Waals surface area contributed by atoms with Gasteiger partial charge in [-0.25, -0.2) is 0 Å². The number of aromatic amines is 1. The van der Waals surface area contributed by atoms with E-state index in [0.29, 0.717) is 0 Å². The third-order valence-corrected chi connectivity index (χ3v) is 5.72. The predicted octanol–water partition coefficient (Wildman–Crippen LogP) is 6.08. The monoisotopic (exact) mass is 361 g/mol. The van der Waals surface area contributed by atoms with Crippen molar-refractivity contribution in [1.82, 2.24) is 9.97 Å². The summed E-state index contributed by atoms with van der Waals surface area (Å²) in [6, 6.07) is 27.8. The summed E-state index contributed by atoms with van der Waals surface area (Å²) in [6.45, 7) is 0.987. The third-order valence-electron chi connectivity index (χ3n) is 5.72. The Morgan fingerprint density at radius 2 is 1.68 bits per heavy atom. The summed E-state index contributed by atoms with van der Waals surface area (Å²) in [5.74, 6) is 0. The van der Waals surface area contributed by atoms with E-state index in [0.717, 1.165) is 35.3 Å². The molecule has 0 bridgehead atoms. The molecule has 3 heterocycles. The van der Waals surface area contributed by atoms with Crippen molar-refractivity contribution in [3.63, 3.8) is 0 Å². The minimum absolute atomic E-state index is 0.987.